The molecule has 0 saturated carbocycles. The first-order chi connectivity index (χ1) is 8.81. The highest BCUT2D eigenvalue weighted by atomic mass is 16.1. The van der Waals surface area contributed by atoms with Gasteiger partial charge in [0.2, 0.25) is 0 Å². The van der Waals surface area contributed by atoms with Gasteiger partial charge in [-0.25, -0.2) is 0 Å². The second kappa shape index (κ2) is 5.69. The van der Waals surface area contributed by atoms with Gasteiger partial charge in [0.25, 0.3) is 5.91 Å². The van der Waals surface area contributed by atoms with E-state index in [-0.39, 0.29) is 5.91 Å². The van der Waals surface area contributed by atoms with Crippen LogP contribution in [0.15, 0.2) is 36.4 Å². The van der Waals surface area contributed by atoms with Crippen molar-refractivity contribution in [3.63, 3.8) is 0 Å². The lowest BCUT2D eigenvalue weighted by molar-refractivity contribution is 0.0949. The summed E-state index contributed by atoms with van der Waals surface area (Å²) < 4.78 is 0. The lowest BCUT2D eigenvalue weighted by Gasteiger charge is -1.98. The first kappa shape index (κ1) is 11.9. The van der Waals surface area contributed by atoms with Gasteiger partial charge in [0, 0.05) is 18.5 Å². The molecule has 1 aromatic heterocycles. The van der Waals surface area contributed by atoms with Crippen LogP contribution in [0.2, 0.25) is 0 Å². The average molecular weight is 239 g/mol. The van der Waals surface area contributed by atoms with E-state index in [0.29, 0.717) is 18.7 Å². The summed E-state index contributed by atoms with van der Waals surface area (Å²) in [5.41, 5.74) is 2.15. The fraction of sp³-hybridized carbons (Fsp3) is 0.143. The van der Waals surface area contributed by atoms with E-state index in [9.17, 15) is 4.79 Å². The minimum absolute atomic E-state index is 0.195. The summed E-state index contributed by atoms with van der Waals surface area (Å²) in [6.07, 6.45) is 5.63. The SMILES string of the molecule is C#CCCNC(=O)c1cc(-c2ccccc2)n[nH]1. The Kier molecular flexibility index (Phi) is 3.77. The van der Waals surface area contributed by atoms with Crippen molar-refractivity contribution in [2.45, 2.75) is 6.42 Å². The molecule has 2 rings (SSSR count). The molecule has 0 atom stereocenters. The molecule has 2 N–H and O–H groups in total. The summed E-state index contributed by atoms with van der Waals surface area (Å²) in [4.78, 5) is 11.7. The van der Waals surface area contributed by atoms with Gasteiger partial charge < -0.3 is 5.32 Å². The molecule has 2 aromatic rings. The van der Waals surface area contributed by atoms with Gasteiger partial charge in [0.1, 0.15) is 5.69 Å². The Morgan fingerprint density at radius 2 is 2.17 bits per heavy atom. The van der Waals surface area contributed by atoms with Crippen molar-refractivity contribution < 1.29 is 4.79 Å². The number of aromatic nitrogens is 2. The zero-order chi connectivity index (χ0) is 12.8. The number of terminal acetylenes is 1. The first-order valence-electron chi connectivity index (χ1n) is 5.64. The standard InChI is InChI=1S/C14H13N3O/c1-2-3-9-15-14(18)13-10-12(16-17-13)11-7-5-4-6-8-11/h1,4-8,10H,3,9H2,(H,15,18)(H,16,17). The van der Waals surface area contributed by atoms with Crippen molar-refractivity contribution in [3.05, 3.63) is 42.1 Å². The van der Waals surface area contributed by atoms with Gasteiger partial charge in [-0.3, -0.25) is 9.89 Å². The molecule has 1 amide bonds. The van der Waals surface area contributed by atoms with Gasteiger partial charge in [-0.1, -0.05) is 30.3 Å². The maximum atomic E-state index is 11.7. The van der Waals surface area contributed by atoms with E-state index in [1.54, 1.807) is 6.07 Å². The van der Waals surface area contributed by atoms with Crippen molar-refractivity contribution in [1.82, 2.24) is 15.5 Å². The lowest BCUT2D eigenvalue weighted by Crippen LogP contribution is -2.24. The normalized spacial score (nSPS) is 9.72. The number of rotatable bonds is 4. The van der Waals surface area contributed by atoms with Crippen LogP contribution in [-0.4, -0.2) is 22.6 Å². The highest BCUT2D eigenvalue weighted by molar-refractivity contribution is 5.93. The number of aromatic amines is 1. The molecule has 0 aliphatic heterocycles. The summed E-state index contributed by atoms with van der Waals surface area (Å²) in [5.74, 6) is 2.27. The summed E-state index contributed by atoms with van der Waals surface area (Å²) in [5, 5.41) is 9.54. The average Bonchev–Trinajstić information content (AvgIpc) is 2.89. The van der Waals surface area contributed by atoms with Crippen molar-refractivity contribution in [1.29, 1.82) is 0 Å². The van der Waals surface area contributed by atoms with Crippen LogP contribution in [0, 0.1) is 12.3 Å². The number of benzene rings is 1. The van der Waals surface area contributed by atoms with Gasteiger partial charge in [-0.2, -0.15) is 5.10 Å². The van der Waals surface area contributed by atoms with E-state index in [1.807, 2.05) is 30.3 Å². The predicted molar refractivity (Wildman–Crippen MR) is 69.8 cm³/mol. The summed E-state index contributed by atoms with van der Waals surface area (Å²) in [7, 11) is 0. The van der Waals surface area contributed by atoms with E-state index >= 15 is 0 Å². The van der Waals surface area contributed by atoms with Crippen LogP contribution in [0.3, 0.4) is 0 Å². The molecular weight excluding hydrogens is 226 g/mol. The molecule has 18 heavy (non-hydrogen) atoms. The molecule has 4 heteroatoms. The van der Waals surface area contributed by atoms with Crippen LogP contribution >= 0.6 is 0 Å². The molecular formula is C14H13N3O. The molecule has 0 aliphatic carbocycles. The van der Waals surface area contributed by atoms with E-state index in [4.69, 9.17) is 6.42 Å². The van der Waals surface area contributed by atoms with Crippen molar-refractivity contribution in [3.8, 4) is 23.6 Å². The van der Waals surface area contributed by atoms with Crippen LogP contribution in [-0.2, 0) is 0 Å². The maximum Gasteiger partial charge on any atom is 0.269 e. The molecule has 90 valence electrons. The van der Waals surface area contributed by atoms with E-state index in [0.717, 1.165) is 11.3 Å². The minimum Gasteiger partial charge on any atom is -0.350 e. The number of H-pyrrole nitrogens is 1. The summed E-state index contributed by atoms with van der Waals surface area (Å²) >= 11 is 0. The van der Waals surface area contributed by atoms with Crippen LogP contribution in [0.4, 0.5) is 0 Å². The smallest absolute Gasteiger partial charge is 0.269 e. The fourth-order valence-electron chi connectivity index (χ4n) is 1.54. The number of carbonyl (C=O) groups excluding carboxylic acids is 1. The topological polar surface area (TPSA) is 57.8 Å². The van der Waals surface area contributed by atoms with Crippen molar-refractivity contribution in [2.24, 2.45) is 0 Å². The Morgan fingerprint density at radius 1 is 1.39 bits per heavy atom. The fourth-order valence-corrected chi connectivity index (χ4v) is 1.54. The maximum absolute atomic E-state index is 11.7. The second-order valence-corrected chi connectivity index (χ2v) is 3.74. The van der Waals surface area contributed by atoms with E-state index < -0.39 is 0 Å². The molecule has 1 aromatic carbocycles. The van der Waals surface area contributed by atoms with Crippen LogP contribution in [0.25, 0.3) is 11.3 Å². The Labute approximate surface area is 105 Å². The number of hydrogen-bond donors (Lipinski definition) is 2. The number of nitrogens with one attached hydrogen (secondary N) is 2. The van der Waals surface area contributed by atoms with Crippen LogP contribution < -0.4 is 5.32 Å². The molecule has 4 nitrogen and oxygen atoms in total. The van der Waals surface area contributed by atoms with Gasteiger partial charge in [0.05, 0.1) is 5.69 Å². The first-order valence-corrected chi connectivity index (χ1v) is 5.64. The molecule has 0 unspecified atom stereocenters. The molecule has 0 bridgehead atoms. The van der Waals surface area contributed by atoms with Crippen LogP contribution in [0.1, 0.15) is 16.9 Å². The quantitative estimate of drug-likeness (QED) is 0.631. The number of nitrogens with zero attached hydrogens (tertiary/aromatic N) is 1. The highest BCUT2D eigenvalue weighted by Crippen LogP contribution is 2.16. The Bertz CT molecular complexity index is 566. The Balaban J connectivity index is 2.07. The third-order valence-electron chi connectivity index (χ3n) is 2.45. The van der Waals surface area contributed by atoms with E-state index in [2.05, 4.69) is 21.4 Å². The Morgan fingerprint density at radius 3 is 2.89 bits per heavy atom. The zero-order valence-corrected chi connectivity index (χ0v) is 9.81. The number of amides is 1. The minimum atomic E-state index is -0.195. The number of carbonyl (C=O) groups is 1. The molecule has 0 aliphatic rings. The van der Waals surface area contributed by atoms with Crippen molar-refractivity contribution >= 4 is 5.91 Å². The van der Waals surface area contributed by atoms with Crippen LogP contribution in [0.5, 0.6) is 0 Å². The number of hydrogen-bond acceptors (Lipinski definition) is 2. The van der Waals surface area contributed by atoms with Gasteiger partial charge >= 0.3 is 0 Å². The monoisotopic (exact) mass is 239 g/mol. The molecule has 0 saturated heterocycles. The van der Waals surface area contributed by atoms with Gasteiger partial charge in [-0.15, -0.1) is 12.3 Å². The summed E-state index contributed by atoms with van der Waals surface area (Å²) in [6, 6.07) is 11.4. The largest absolute Gasteiger partial charge is 0.350 e. The third kappa shape index (κ3) is 2.77. The lowest BCUT2D eigenvalue weighted by atomic mass is 10.1. The second-order valence-electron chi connectivity index (χ2n) is 3.74. The third-order valence-corrected chi connectivity index (χ3v) is 2.45. The van der Waals surface area contributed by atoms with Crippen molar-refractivity contribution in [2.75, 3.05) is 6.54 Å². The Hall–Kier alpha value is -2.54. The molecule has 1 heterocycles. The van der Waals surface area contributed by atoms with Gasteiger partial charge in [0.15, 0.2) is 0 Å². The molecule has 0 fully saturated rings. The zero-order valence-electron chi connectivity index (χ0n) is 9.81. The van der Waals surface area contributed by atoms with E-state index in [1.165, 1.54) is 0 Å². The highest BCUT2D eigenvalue weighted by Gasteiger charge is 2.09. The molecule has 0 radical (unpaired) electrons. The predicted octanol–water partition coefficient (Wildman–Crippen LogP) is 1.83. The molecule has 0 spiro atoms. The van der Waals surface area contributed by atoms with Gasteiger partial charge in [-0.05, 0) is 6.07 Å². The summed E-state index contributed by atoms with van der Waals surface area (Å²) in [6.45, 7) is 0.467.